The molecule has 37 heavy (non-hydrogen) atoms. The number of halogens is 3. The second-order valence-corrected chi connectivity index (χ2v) is 8.56. The molecule has 0 heterocycles. The number of rotatable bonds is 13. The van der Waals surface area contributed by atoms with Crippen molar-refractivity contribution in [3.63, 3.8) is 0 Å². The monoisotopic (exact) mass is 516 g/mol. The first-order chi connectivity index (χ1) is 17.8. The van der Waals surface area contributed by atoms with Crippen LogP contribution in [0.15, 0.2) is 84.9 Å². The van der Waals surface area contributed by atoms with E-state index in [9.17, 15) is 23.1 Å². The molecule has 3 aromatic rings. The fourth-order valence-corrected chi connectivity index (χ4v) is 3.75. The Balaban J connectivity index is 1.57. The number of hydrogen-bond acceptors (Lipinski definition) is 6. The molecule has 0 spiro atoms. The van der Waals surface area contributed by atoms with Crippen molar-refractivity contribution in [2.45, 2.75) is 43.9 Å². The highest BCUT2D eigenvalue weighted by Gasteiger charge is 2.44. The summed E-state index contributed by atoms with van der Waals surface area (Å²) in [6, 6.07) is 22.2. The van der Waals surface area contributed by atoms with Gasteiger partial charge in [0.1, 0.15) is 24.4 Å². The van der Waals surface area contributed by atoms with Crippen molar-refractivity contribution >= 4 is 5.97 Å². The lowest BCUT2D eigenvalue weighted by Gasteiger charge is -2.28. The van der Waals surface area contributed by atoms with E-state index in [0.29, 0.717) is 17.9 Å². The Bertz CT molecular complexity index is 1080. The first-order valence-corrected chi connectivity index (χ1v) is 11.8. The Kier molecular flexibility index (Phi) is 10.5. The van der Waals surface area contributed by atoms with Crippen LogP contribution < -0.4 is 15.4 Å². The molecule has 0 amide bonds. The smallest absolute Gasteiger partial charge is 0.406 e. The van der Waals surface area contributed by atoms with E-state index in [1.54, 1.807) is 54.6 Å². The molecular formula is C28H31F3N2O4. The van der Waals surface area contributed by atoms with Crippen LogP contribution >= 0.6 is 0 Å². The molecule has 6 nitrogen and oxygen atoms in total. The highest BCUT2D eigenvalue weighted by atomic mass is 19.4. The number of carbonyl (C=O) groups is 1. The number of carbonyl (C=O) groups excluding carboxylic acids is 1. The van der Waals surface area contributed by atoms with E-state index in [4.69, 9.17) is 9.47 Å². The van der Waals surface area contributed by atoms with E-state index in [0.717, 1.165) is 11.1 Å². The number of methoxy groups -OCH3 is 1. The Morgan fingerprint density at radius 1 is 0.865 bits per heavy atom. The second-order valence-electron chi connectivity index (χ2n) is 8.56. The molecule has 0 saturated heterocycles. The molecule has 0 aliphatic rings. The van der Waals surface area contributed by atoms with E-state index in [2.05, 4.69) is 10.6 Å². The van der Waals surface area contributed by atoms with Gasteiger partial charge in [0.25, 0.3) is 0 Å². The van der Waals surface area contributed by atoms with Gasteiger partial charge in [-0.2, -0.15) is 13.2 Å². The van der Waals surface area contributed by atoms with Gasteiger partial charge in [0, 0.05) is 13.1 Å². The minimum atomic E-state index is -4.69. The van der Waals surface area contributed by atoms with Gasteiger partial charge in [0.05, 0.1) is 13.2 Å². The molecule has 0 unspecified atom stereocenters. The lowest BCUT2D eigenvalue weighted by molar-refractivity contribution is -0.178. The molecule has 0 aromatic heterocycles. The van der Waals surface area contributed by atoms with Crippen LogP contribution in [0.5, 0.6) is 5.75 Å². The van der Waals surface area contributed by atoms with Gasteiger partial charge in [-0.05, 0) is 35.2 Å². The van der Waals surface area contributed by atoms with Gasteiger partial charge in [0.2, 0.25) is 0 Å². The van der Waals surface area contributed by atoms with Gasteiger partial charge in [0.15, 0.2) is 0 Å². The van der Waals surface area contributed by atoms with E-state index in [-0.39, 0.29) is 13.0 Å². The minimum absolute atomic E-state index is 0.0683. The molecule has 0 radical (unpaired) electrons. The Morgan fingerprint density at radius 2 is 1.46 bits per heavy atom. The van der Waals surface area contributed by atoms with Crippen LogP contribution in [0.3, 0.4) is 0 Å². The SMILES string of the molecule is COC(=O)[C@H](Cc1ccc(OCc2ccccc2)cc1)NC[C@H](O)[C@@H](NCc1ccccc1)C(F)(F)F. The summed E-state index contributed by atoms with van der Waals surface area (Å²) < 4.78 is 51.4. The van der Waals surface area contributed by atoms with Crippen molar-refractivity contribution in [1.29, 1.82) is 0 Å². The predicted octanol–water partition coefficient (Wildman–Crippen LogP) is 4.02. The summed E-state index contributed by atoms with van der Waals surface area (Å²) in [5.41, 5.74) is 2.43. The predicted molar refractivity (Wildman–Crippen MR) is 134 cm³/mol. The summed E-state index contributed by atoms with van der Waals surface area (Å²) >= 11 is 0. The first kappa shape index (κ1) is 28.2. The lowest BCUT2D eigenvalue weighted by Crippen LogP contribution is -2.55. The van der Waals surface area contributed by atoms with E-state index in [1.165, 1.54) is 7.11 Å². The quantitative estimate of drug-likeness (QED) is 0.298. The van der Waals surface area contributed by atoms with Crippen LogP contribution in [0.4, 0.5) is 13.2 Å². The molecule has 0 bridgehead atoms. The molecule has 9 heteroatoms. The van der Waals surface area contributed by atoms with Crippen LogP contribution in [0.2, 0.25) is 0 Å². The van der Waals surface area contributed by atoms with E-state index < -0.39 is 36.9 Å². The van der Waals surface area contributed by atoms with Crippen LogP contribution in [-0.2, 0) is 29.1 Å². The second kappa shape index (κ2) is 13.8. The lowest BCUT2D eigenvalue weighted by atomic mass is 10.0. The van der Waals surface area contributed by atoms with Crippen LogP contribution in [0.25, 0.3) is 0 Å². The zero-order valence-corrected chi connectivity index (χ0v) is 20.4. The van der Waals surface area contributed by atoms with Crippen molar-refractivity contribution in [3.05, 3.63) is 102 Å². The highest BCUT2D eigenvalue weighted by molar-refractivity contribution is 5.76. The maximum absolute atomic E-state index is 13.6. The molecule has 0 aliphatic heterocycles. The molecule has 3 N–H and O–H groups in total. The Labute approximate surface area is 214 Å². The molecule has 198 valence electrons. The molecule has 0 saturated carbocycles. The fraction of sp³-hybridized carbons (Fsp3) is 0.321. The first-order valence-electron chi connectivity index (χ1n) is 11.8. The summed E-state index contributed by atoms with van der Waals surface area (Å²) in [6.07, 6.45) is -6.36. The topological polar surface area (TPSA) is 79.8 Å². The van der Waals surface area contributed by atoms with Gasteiger partial charge in [-0.3, -0.25) is 10.1 Å². The summed E-state index contributed by atoms with van der Waals surface area (Å²) in [7, 11) is 1.20. The highest BCUT2D eigenvalue weighted by Crippen LogP contribution is 2.23. The van der Waals surface area contributed by atoms with Gasteiger partial charge >= 0.3 is 12.1 Å². The number of esters is 1. The van der Waals surface area contributed by atoms with Crippen molar-refractivity contribution in [2.24, 2.45) is 0 Å². The van der Waals surface area contributed by atoms with Crippen molar-refractivity contribution in [1.82, 2.24) is 10.6 Å². The zero-order valence-electron chi connectivity index (χ0n) is 20.4. The van der Waals surface area contributed by atoms with Crippen molar-refractivity contribution in [2.75, 3.05) is 13.7 Å². The number of hydrogen-bond donors (Lipinski definition) is 3. The number of nitrogens with one attached hydrogen (secondary N) is 2. The average Bonchev–Trinajstić information content (AvgIpc) is 2.90. The van der Waals surface area contributed by atoms with Gasteiger partial charge in [-0.1, -0.05) is 72.8 Å². The molecule has 0 fully saturated rings. The number of aliphatic hydroxyl groups is 1. The summed E-state index contributed by atoms with van der Waals surface area (Å²) in [6.45, 7) is -0.131. The van der Waals surface area contributed by atoms with E-state index in [1.807, 2.05) is 30.3 Å². The van der Waals surface area contributed by atoms with Gasteiger partial charge in [-0.15, -0.1) is 0 Å². The van der Waals surface area contributed by atoms with Crippen molar-refractivity contribution < 1.29 is 32.5 Å². The van der Waals surface area contributed by atoms with Crippen LogP contribution in [0.1, 0.15) is 16.7 Å². The van der Waals surface area contributed by atoms with E-state index >= 15 is 0 Å². The Morgan fingerprint density at radius 3 is 2.03 bits per heavy atom. The molecule has 3 atom stereocenters. The Hall–Kier alpha value is -3.40. The number of aliphatic hydroxyl groups excluding tert-OH is 1. The molecule has 3 aromatic carbocycles. The molecule has 3 rings (SSSR count). The minimum Gasteiger partial charge on any atom is -0.489 e. The number of ether oxygens (including phenoxy) is 2. The third kappa shape index (κ3) is 9.20. The maximum Gasteiger partial charge on any atom is 0.406 e. The average molecular weight is 517 g/mol. The maximum atomic E-state index is 13.6. The van der Waals surface area contributed by atoms with Gasteiger partial charge in [-0.25, -0.2) is 0 Å². The fourth-order valence-electron chi connectivity index (χ4n) is 3.75. The molecular weight excluding hydrogens is 485 g/mol. The number of alkyl halides is 3. The zero-order chi connectivity index (χ0) is 26.7. The van der Waals surface area contributed by atoms with Crippen LogP contribution in [-0.4, -0.2) is 49.1 Å². The van der Waals surface area contributed by atoms with Crippen molar-refractivity contribution in [3.8, 4) is 5.75 Å². The summed E-state index contributed by atoms with van der Waals surface area (Å²) in [5, 5.41) is 15.5. The largest absolute Gasteiger partial charge is 0.489 e. The third-order valence-corrected chi connectivity index (χ3v) is 5.78. The third-order valence-electron chi connectivity index (χ3n) is 5.78. The van der Waals surface area contributed by atoms with Gasteiger partial charge < -0.3 is 19.9 Å². The summed E-state index contributed by atoms with van der Waals surface area (Å²) in [5.74, 6) is 0.000481. The number of benzene rings is 3. The standard InChI is InChI=1S/C28H31F3N2O4/c1-36-27(35)24(16-20-12-14-23(15-13-20)37-19-22-10-6-3-7-11-22)32-18-25(34)26(28(29,30)31)33-17-21-8-4-2-5-9-21/h2-15,24-26,32-34H,16-19H2,1H3/t24-,25-,26+/m0/s1. The normalized spacial score (nSPS) is 14.0. The summed E-state index contributed by atoms with van der Waals surface area (Å²) in [4.78, 5) is 12.3. The van der Waals surface area contributed by atoms with Crippen LogP contribution in [0, 0.1) is 0 Å². The molecule has 0 aliphatic carbocycles.